The van der Waals surface area contributed by atoms with E-state index in [0.29, 0.717) is 50.3 Å². The van der Waals surface area contributed by atoms with Crippen LogP contribution in [-0.4, -0.2) is 44.3 Å². The van der Waals surface area contributed by atoms with Crippen LogP contribution in [0.2, 0.25) is 5.02 Å². The molecule has 0 atom stereocenters. The van der Waals surface area contributed by atoms with Gasteiger partial charge in [0, 0.05) is 16.4 Å². The zero-order chi connectivity index (χ0) is 29.1. The number of amides is 3. The highest BCUT2D eigenvalue weighted by atomic mass is 79.9. The first-order chi connectivity index (χ1) is 19.2. The maximum absolute atomic E-state index is 12.4. The average molecular weight is 632 g/mol. The van der Waals surface area contributed by atoms with Crippen LogP contribution in [-0.2, 0) is 14.4 Å². The molecule has 40 heavy (non-hydrogen) atoms. The Morgan fingerprint density at radius 2 is 1.75 bits per heavy atom. The second-order valence-electron chi connectivity index (χ2n) is 8.36. The molecule has 10 nitrogen and oxygen atoms in total. The number of hydrogen-bond donors (Lipinski definition) is 3. The molecule has 210 valence electrons. The summed E-state index contributed by atoms with van der Waals surface area (Å²) in [5, 5.41) is 9.59. The SMILES string of the molecule is CCCOc1ccc(NC(=O)C(=O)N/N=C\c2cc(Br)c(OCC(=O)Nc3cc(Cl)ccc3C)c(OC)c2)cc1. The molecule has 0 aliphatic heterocycles. The Morgan fingerprint density at radius 3 is 2.45 bits per heavy atom. The number of nitrogens with one attached hydrogen (secondary N) is 3. The molecule has 0 unspecified atom stereocenters. The van der Waals surface area contributed by atoms with Gasteiger partial charge in [-0.3, -0.25) is 14.4 Å². The van der Waals surface area contributed by atoms with E-state index in [-0.39, 0.29) is 12.5 Å². The second-order valence-corrected chi connectivity index (χ2v) is 9.65. The van der Waals surface area contributed by atoms with E-state index in [4.69, 9.17) is 25.8 Å². The molecule has 3 N–H and O–H groups in total. The van der Waals surface area contributed by atoms with Gasteiger partial charge < -0.3 is 24.8 Å². The first kappa shape index (κ1) is 30.5. The summed E-state index contributed by atoms with van der Waals surface area (Å²) in [7, 11) is 1.44. The number of hydrazone groups is 1. The fourth-order valence-corrected chi connectivity index (χ4v) is 4.01. The minimum absolute atomic E-state index is 0.284. The van der Waals surface area contributed by atoms with Crippen molar-refractivity contribution in [3.05, 3.63) is 75.2 Å². The first-order valence-electron chi connectivity index (χ1n) is 12.1. The summed E-state index contributed by atoms with van der Waals surface area (Å²) >= 11 is 9.41. The van der Waals surface area contributed by atoms with E-state index in [1.807, 2.05) is 13.8 Å². The predicted molar refractivity (Wildman–Crippen MR) is 158 cm³/mol. The smallest absolute Gasteiger partial charge is 0.329 e. The second kappa shape index (κ2) is 14.9. The van der Waals surface area contributed by atoms with Crippen LogP contribution < -0.4 is 30.3 Å². The highest BCUT2D eigenvalue weighted by molar-refractivity contribution is 9.10. The van der Waals surface area contributed by atoms with E-state index >= 15 is 0 Å². The molecule has 3 aromatic carbocycles. The van der Waals surface area contributed by atoms with Crippen LogP contribution in [0.4, 0.5) is 11.4 Å². The van der Waals surface area contributed by atoms with E-state index in [2.05, 4.69) is 37.1 Å². The number of hydrogen-bond acceptors (Lipinski definition) is 7. The summed E-state index contributed by atoms with van der Waals surface area (Å²) in [6.45, 7) is 4.16. The molecule has 0 radical (unpaired) electrons. The summed E-state index contributed by atoms with van der Waals surface area (Å²) in [4.78, 5) is 36.7. The molecule has 0 bridgehead atoms. The number of anilines is 2. The van der Waals surface area contributed by atoms with E-state index < -0.39 is 11.8 Å². The zero-order valence-corrected chi connectivity index (χ0v) is 24.4. The van der Waals surface area contributed by atoms with Crippen molar-refractivity contribution in [2.24, 2.45) is 5.10 Å². The molecule has 0 aliphatic rings. The standard InChI is InChI=1S/C28H28BrClN4O6/c1-4-11-39-21-9-7-20(8-10-21)32-27(36)28(37)34-31-15-18-12-22(29)26(24(13-18)38-3)40-16-25(35)33-23-14-19(30)6-5-17(23)2/h5-10,12-15H,4,11,16H2,1-3H3,(H,32,36)(H,33,35)(H,34,37)/b31-15-. The lowest BCUT2D eigenvalue weighted by molar-refractivity contribution is -0.136. The number of methoxy groups -OCH3 is 1. The van der Waals surface area contributed by atoms with Gasteiger partial charge in [0.15, 0.2) is 18.1 Å². The molecular formula is C28H28BrClN4O6. The van der Waals surface area contributed by atoms with Crippen molar-refractivity contribution < 1.29 is 28.6 Å². The lowest BCUT2D eigenvalue weighted by Crippen LogP contribution is -2.32. The van der Waals surface area contributed by atoms with Crippen molar-refractivity contribution in [1.29, 1.82) is 0 Å². The number of carbonyl (C=O) groups is 3. The first-order valence-corrected chi connectivity index (χ1v) is 13.3. The molecule has 0 saturated carbocycles. The van der Waals surface area contributed by atoms with Crippen molar-refractivity contribution in [2.75, 3.05) is 31.0 Å². The van der Waals surface area contributed by atoms with Gasteiger partial charge in [0.25, 0.3) is 5.91 Å². The molecule has 3 amide bonds. The van der Waals surface area contributed by atoms with Gasteiger partial charge in [-0.25, -0.2) is 5.43 Å². The highest BCUT2D eigenvalue weighted by Gasteiger charge is 2.15. The molecule has 3 aromatic rings. The fraction of sp³-hybridized carbons (Fsp3) is 0.214. The number of benzene rings is 3. The third-order valence-electron chi connectivity index (χ3n) is 5.24. The Morgan fingerprint density at radius 1 is 1.00 bits per heavy atom. The molecule has 0 fully saturated rings. The van der Waals surface area contributed by atoms with E-state index in [9.17, 15) is 14.4 Å². The number of halogens is 2. The largest absolute Gasteiger partial charge is 0.494 e. The monoisotopic (exact) mass is 630 g/mol. The molecule has 0 saturated heterocycles. The van der Waals surface area contributed by atoms with Gasteiger partial charge in [0.05, 0.1) is 24.4 Å². The molecule has 0 aromatic heterocycles. The van der Waals surface area contributed by atoms with Gasteiger partial charge in [-0.05, 0) is 88.9 Å². The van der Waals surface area contributed by atoms with Crippen LogP contribution in [0.25, 0.3) is 0 Å². The fourth-order valence-electron chi connectivity index (χ4n) is 3.27. The van der Waals surface area contributed by atoms with Crippen molar-refractivity contribution in [3.8, 4) is 17.2 Å². The number of rotatable bonds is 11. The Labute approximate surface area is 245 Å². The van der Waals surface area contributed by atoms with Gasteiger partial charge >= 0.3 is 11.8 Å². The van der Waals surface area contributed by atoms with Crippen molar-refractivity contribution in [1.82, 2.24) is 5.43 Å². The van der Waals surface area contributed by atoms with Crippen LogP contribution in [0.15, 0.2) is 64.2 Å². The Kier molecular flexibility index (Phi) is 11.3. The van der Waals surface area contributed by atoms with Crippen LogP contribution in [0.1, 0.15) is 24.5 Å². The summed E-state index contributed by atoms with van der Waals surface area (Å²) in [5.74, 6) is -0.928. The van der Waals surface area contributed by atoms with Crippen molar-refractivity contribution in [3.63, 3.8) is 0 Å². The van der Waals surface area contributed by atoms with Crippen LogP contribution >= 0.6 is 27.5 Å². The number of aryl methyl sites for hydroxylation is 1. The van der Waals surface area contributed by atoms with Crippen LogP contribution in [0.3, 0.4) is 0 Å². The Hall–Kier alpha value is -4.09. The topological polar surface area (TPSA) is 127 Å². The number of nitrogens with zero attached hydrogens (tertiary/aromatic N) is 1. The zero-order valence-electron chi connectivity index (χ0n) is 22.0. The van der Waals surface area contributed by atoms with Crippen molar-refractivity contribution in [2.45, 2.75) is 20.3 Å². The molecular weight excluding hydrogens is 604 g/mol. The van der Waals surface area contributed by atoms with Crippen LogP contribution in [0, 0.1) is 6.92 Å². The van der Waals surface area contributed by atoms with Gasteiger partial charge in [-0.2, -0.15) is 5.10 Å². The predicted octanol–water partition coefficient (Wildman–Crippen LogP) is 5.31. The van der Waals surface area contributed by atoms with E-state index in [1.165, 1.54) is 13.3 Å². The third-order valence-corrected chi connectivity index (χ3v) is 6.07. The van der Waals surface area contributed by atoms with Gasteiger partial charge in [-0.1, -0.05) is 24.6 Å². The molecule has 0 heterocycles. The molecule has 3 rings (SSSR count). The summed E-state index contributed by atoms with van der Waals surface area (Å²) < 4.78 is 17.0. The Bertz CT molecular complexity index is 1400. The van der Waals surface area contributed by atoms with Gasteiger partial charge in [0.1, 0.15) is 5.75 Å². The number of carbonyl (C=O) groups excluding carboxylic acids is 3. The normalized spacial score (nSPS) is 10.6. The van der Waals surface area contributed by atoms with E-state index in [1.54, 1.807) is 54.6 Å². The summed E-state index contributed by atoms with van der Waals surface area (Å²) in [6, 6.07) is 15.1. The third kappa shape index (κ3) is 8.99. The lowest BCUT2D eigenvalue weighted by atomic mass is 10.2. The maximum atomic E-state index is 12.4. The maximum Gasteiger partial charge on any atom is 0.329 e. The average Bonchev–Trinajstić information content (AvgIpc) is 2.93. The Balaban J connectivity index is 1.55. The van der Waals surface area contributed by atoms with Crippen molar-refractivity contribution >= 4 is 62.8 Å². The quantitative estimate of drug-likeness (QED) is 0.149. The van der Waals surface area contributed by atoms with Gasteiger partial charge in [-0.15, -0.1) is 0 Å². The van der Waals surface area contributed by atoms with E-state index in [0.717, 1.165) is 12.0 Å². The molecule has 0 aliphatic carbocycles. The summed E-state index contributed by atoms with van der Waals surface area (Å²) in [5.41, 5.74) is 4.59. The van der Waals surface area contributed by atoms with Gasteiger partial charge in [0.2, 0.25) is 0 Å². The lowest BCUT2D eigenvalue weighted by Gasteiger charge is -2.14. The highest BCUT2D eigenvalue weighted by Crippen LogP contribution is 2.36. The molecule has 0 spiro atoms. The minimum atomic E-state index is -0.950. The van der Waals surface area contributed by atoms with Crippen LogP contribution in [0.5, 0.6) is 17.2 Å². The number of ether oxygens (including phenoxy) is 3. The minimum Gasteiger partial charge on any atom is -0.494 e. The molecule has 12 heteroatoms. The summed E-state index contributed by atoms with van der Waals surface area (Å²) in [6.07, 6.45) is 2.21.